The van der Waals surface area contributed by atoms with Gasteiger partial charge in [0.2, 0.25) is 0 Å². The molecule has 0 spiro atoms. The van der Waals surface area contributed by atoms with Crippen LogP contribution < -0.4 is 0 Å². The molecule has 0 bridgehead atoms. The summed E-state index contributed by atoms with van der Waals surface area (Å²) in [7, 11) is 0. The van der Waals surface area contributed by atoms with Gasteiger partial charge in [0.25, 0.3) is 0 Å². The van der Waals surface area contributed by atoms with Gasteiger partial charge in [-0.3, -0.25) is 0 Å². The molecule has 0 atom stereocenters. The molecule has 1 aliphatic rings. The maximum Gasteiger partial charge on any atom is 0.136 e. The van der Waals surface area contributed by atoms with Crippen molar-refractivity contribution in [3.05, 3.63) is 170 Å². The molecule has 1 heterocycles. The second kappa shape index (κ2) is 12.5. The first-order chi connectivity index (χ1) is 29.2. The van der Waals surface area contributed by atoms with Crippen molar-refractivity contribution in [3.8, 4) is 22.3 Å². The Balaban J connectivity index is 2.06. The average Bonchev–Trinajstić information content (AvgIpc) is 3.67. The monoisotopic (exact) mass is 596 g/mol. The lowest BCUT2D eigenvalue weighted by atomic mass is 9.78. The van der Waals surface area contributed by atoms with Crippen molar-refractivity contribution < 1.29 is 26.3 Å². The predicted molar refractivity (Wildman–Crippen MR) is 200 cm³/mol. The molecule has 6 rings (SSSR count). The number of allylic oxidation sites excluding steroid dienone is 8. The fourth-order valence-corrected chi connectivity index (χ4v) is 5.81. The van der Waals surface area contributed by atoms with Crippen molar-refractivity contribution in [1.29, 1.82) is 0 Å². The normalized spacial score (nSPS) is 20.9. The van der Waals surface area contributed by atoms with E-state index in [1.165, 1.54) is 12.1 Å². The van der Waals surface area contributed by atoms with Gasteiger partial charge in [0.1, 0.15) is 11.2 Å². The highest BCUT2D eigenvalue weighted by Gasteiger charge is 2.26. The van der Waals surface area contributed by atoms with Gasteiger partial charge in [-0.2, -0.15) is 0 Å². The van der Waals surface area contributed by atoms with E-state index in [1.807, 2.05) is 6.08 Å². The largest absolute Gasteiger partial charge is 0.456 e. The minimum absolute atomic E-state index is 0.00177. The van der Waals surface area contributed by atoms with Crippen molar-refractivity contribution in [1.82, 2.24) is 0 Å². The van der Waals surface area contributed by atoms with Crippen LogP contribution in [-0.4, -0.2) is 0 Å². The van der Waals surface area contributed by atoms with Gasteiger partial charge in [-0.05, 0) is 86.2 Å². The van der Waals surface area contributed by atoms with E-state index in [-0.39, 0.29) is 49.9 Å². The Kier molecular flexibility index (Phi) is 4.42. The summed E-state index contributed by atoms with van der Waals surface area (Å²) in [5, 5.41) is 0.697. The second-order valence-electron chi connectivity index (χ2n) is 10.0. The maximum absolute atomic E-state index is 9.41. The fourth-order valence-electron chi connectivity index (χ4n) is 5.81. The van der Waals surface area contributed by atoms with Crippen LogP contribution in [0.5, 0.6) is 0 Å². The Bertz CT molecular complexity index is 2830. The summed E-state index contributed by atoms with van der Waals surface area (Å²) in [5.41, 5.74) is -1.77. The molecule has 0 N–H and O–H groups in total. The third kappa shape index (κ3) is 4.93. The van der Waals surface area contributed by atoms with E-state index in [2.05, 4.69) is 0 Å². The van der Waals surface area contributed by atoms with E-state index in [1.54, 1.807) is 42.5 Å². The van der Waals surface area contributed by atoms with Crippen LogP contribution in [0.3, 0.4) is 0 Å². The molecule has 0 aliphatic heterocycles. The Hall–Kier alpha value is -5.66. The molecule has 0 radical (unpaired) electrons. The van der Waals surface area contributed by atoms with Gasteiger partial charge < -0.3 is 4.42 Å². The van der Waals surface area contributed by atoms with E-state index in [0.717, 1.165) is 6.55 Å². The topological polar surface area (TPSA) is 13.1 Å². The van der Waals surface area contributed by atoms with Crippen LogP contribution in [-0.2, 0) is 0 Å². The summed E-state index contributed by atoms with van der Waals surface area (Å²) < 4.78 is 148. The molecule has 0 saturated carbocycles. The molecule has 5 aromatic rings. The van der Waals surface area contributed by atoms with Gasteiger partial charge in [-0.25, -0.2) is 0 Å². The van der Waals surface area contributed by atoms with E-state index >= 15 is 0 Å². The van der Waals surface area contributed by atoms with Crippen LogP contribution in [0.4, 0.5) is 0 Å². The van der Waals surface area contributed by atoms with E-state index in [0.29, 0.717) is 62.2 Å². The third-order valence-corrected chi connectivity index (χ3v) is 7.74. The molecule has 0 fully saturated rings. The highest BCUT2D eigenvalue weighted by molar-refractivity contribution is 6.17. The van der Waals surface area contributed by atoms with Crippen LogP contribution in [0.1, 0.15) is 68.2 Å². The lowest BCUT2D eigenvalue weighted by molar-refractivity contribution is 0.669. The Morgan fingerprint density at radius 3 is 2.13 bits per heavy atom. The second-order valence-corrected chi connectivity index (χ2v) is 10.0. The van der Waals surface area contributed by atoms with Gasteiger partial charge in [-0.15, -0.1) is 0 Å². The standard InChI is InChI=1S/C44H36O/c1-7-18-29(8-2)37-27-28-40-43(38-21-16-17-22-39(38)45-40)44(37)42-35(11-5)33(9-3)41(34(10-4)36(42)12-6)32-25-23-31(24-26-32)30-19-14-13-15-20-30/h7-14,16-19,21-28H,1-6,15,20H2/b29-18+/i1D,2D,3D,4D,5D,6D,7D,9D,10D,11D,12D,18D,23D,24D,25D,26D/b7-1?,8-2?,9-3?,10-4?,11-5?,12-6?,29-18+. The highest BCUT2D eigenvalue weighted by Crippen LogP contribution is 2.49. The smallest absolute Gasteiger partial charge is 0.136 e. The summed E-state index contributed by atoms with van der Waals surface area (Å²) >= 11 is 0. The molecule has 1 aromatic heterocycles. The van der Waals surface area contributed by atoms with Crippen LogP contribution >= 0.6 is 0 Å². The summed E-state index contributed by atoms with van der Waals surface area (Å²) in [4.78, 5) is 0. The molecular weight excluding hydrogens is 544 g/mol. The zero-order valence-electron chi connectivity index (χ0n) is 40.1. The van der Waals surface area contributed by atoms with Crippen molar-refractivity contribution in [2.75, 3.05) is 0 Å². The summed E-state index contributed by atoms with van der Waals surface area (Å²) in [6.07, 6.45) is 7.50. The molecular formula is C44H36O. The minimum Gasteiger partial charge on any atom is -0.456 e. The molecule has 0 amide bonds. The minimum atomic E-state index is -0.690. The number of furan rings is 1. The Morgan fingerprint density at radius 2 is 1.47 bits per heavy atom. The molecule has 1 aliphatic carbocycles. The van der Waals surface area contributed by atoms with Crippen molar-refractivity contribution in [2.45, 2.75) is 12.8 Å². The lowest BCUT2D eigenvalue weighted by Crippen LogP contribution is -2.03. The Morgan fingerprint density at radius 1 is 0.756 bits per heavy atom. The fraction of sp³-hybridized carbons (Fsp3) is 0.0455. The molecule has 0 saturated heterocycles. The maximum atomic E-state index is 9.41. The van der Waals surface area contributed by atoms with E-state index in [4.69, 9.17) is 15.4 Å². The number of hydrogen-bond acceptors (Lipinski definition) is 1. The molecule has 1 heteroatoms. The average molecular weight is 597 g/mol. The van der Waals surface area contributed by atoms with Gasteiger partial charge >= 0.3 is 0 Å². The zero-order chi connectivity index (χ0) is 44.4. The van der Waals surface area contributed by atoms with Gasteiger partial charge in [0, 0.05) is 16.3 Å². The van der Waals surface area contributed by atoms with Gasteiger partial charge in [0.05, 0.1) is 21.9 Å². The van der Waals surface area contributed by atoms with Crippen LogP contribution in [0.25, 0.3) is 79.5 Å². The van der Waals surface area contributed by atoms with Gasteiger partial charge in [0.15, 0.2) is 0 Å². The summed E-state index contributed by atoms with van der Waals surface area (Å²) in [6, 6.07) is 3.82. The van der Waals surface area contributed by atoms with E-state index < -0.39 is 82.7 Å². The highest BCUT2D eigenvalue weighted by atomic mass is 16.3. The van der Waals surface area contributed by atoms with Crippen LogP contribution in [0, 0.1) is 0 Å². The summed E-state index contributed by atoms with van der Waals surface area (Å²) in [5.74, 6) is 0. The Labute approximate surface area is 288 Å². The number of hydrogen-bond donors (Lipinski definition) is 0. The SMILES string of the molecule is [2H]C=C/C(=C(/[2H])C([2H])=C[2H])c1ccc2oc3ccccc3c2c1-c1c(C([2H])=C[2H])c(C([2H])=C[2H])c(-c2c([2H])c([2H])c(C3=CC=CCC3)c([2H])c2[2H])c(C([2H])=C[2H])c1C([2H])=C[2H]. The third-order valence-electron chi connectivity index (χ3n) is 7.74. The predicted octanol–water partition coefficient (Wildman–Crippen LogP) is 13.0. The first kappa shape index (κ1) is 15.9. The lowest BCUT2D eigenvalue weighted by Gasteiger charge is -2.24. The number of rotatable bonds is 10. The zero-order valence-corrected chi connectivity index (χ0v) is 24.1. The van der Waals surface area contributed by atoms with Crippen molar-refractivity contribution in [2.24, 2.45) is 0 Å². The van der Waals surface area contributed by atoms with Gasteiger partial charge in [-0.1, -0.05) is 148 Å². The number of benzene rings is 4. The molecule has 4 aromatic carbocycles. The molecule has 45 heavy (non-hydrogen) atoms. The molecule has 1 nitrogen and oxygen atoms in total. The van der Waals surface area contributed by atoms with Crippen molar-refractivity contribution >= 4 is 57.3 Å². The van der Waals surface area contributed by atoms with Crippen molar-refractivity contribution in [3.63, 3.8) is 0 Å². The first-order valence-electron chi connectivity index (χ1n) is 22.4. The summed E-state index contributed by atoms with van der Waals surface area (Å²) in [6.45, 7) is 3.87. The van der Waals surface area contributed by atoms with Crippen LogP contribution in [0.2, 0.25) is 0 Å². The number of para-hydroxylation sites is 1. The van der Waals surface area contributed by atoms with Crippen LogP contribution in [0.15, 0.2) is 141 Å². The quantitative estimate of drug-likeness (QED) is 0.146. The first-order valence-corrected chi connectivity index (χ1v) is 13.9. The number of fused-ring (bicyclic) bond motifs is 3. The van der Waals surface area contributed by atoms with E-state index in [9.17, 15) is 11.0 Å². The molecule has 218 valence electrons. The molecule has 0 unspecified atom stereocenters.